The third-order valence-electron chi connectivity index (χ3n) is 9.74. The van der Waals surface area contributed by atoms with Crippen molar-refractivity contribution in [3.63, 3.8) is 0 Å². The lowest BCUT2D eigenvalue weighted by molar-refractivity contribution is -0.148. The lowest BCUT2D eigenvalue weighted by Gasteiger charge is -2.44. The normalized spacial score (nSPS) is 24.2. The fourth-order valence-electron chi connectivity index (χ4n) is 7.36. The molecule has 0 aromatic heterocycles. The number of ether oxygens (including phenoxy) is 2. The van der Waals surface area contributed by atoms with Crippen LogP contribution in [0.4, 0.5) is 4.79 Å². The van der Waals surface area contributed by atoms with Crippen LogP contribution in [-0.4, -0.2) is 95.8 Å². The Labute approximate surface area is 282 Å². The first kappa shape index (κ1) is 35.2. The fourth-order valence-corrected chi connectivity index (χ4v) is 7.36. The maximum atomic E-state index is 14.8. The van der Waals surface area contributed by atoms with Gasteiger partial charge in [-0.15, -0.1) is 0 Å². The molecule has 4 N–H and O–H groups in total. The zero-order chi connectivity index (χ0) is 34.6. The maximum absolute atomic E-state index is 14.8. The van der Waals surface area contributed by atoms with Crippen molar-refractivity contribution in [1.82, 2.24) is 25.8 Å². The summed E-state index contributed by atoms with van der Waals surface area (Å²) < 4.78 is 11.8. The predicted octanol–water partition coefficient (Wildman–Crippen LogP) is 3.49. The van der Waals surface area contributed by atoms with Crippen LogP contribution in [0, 0.1) is 11.3 Å². The van der Waals surface area contributed by atoms with Gasteiger partial charge in [-0.05, 0) is 30.4 Å². The van der Waals surface area contributed by atoms with E-state index in [9.17, 15) is 24.3 Å². The summed E-state index contributed by atoms with van der Waals surface area (Å²) in [5, 5.41) is 18.2. The Morgan fingerprint density at radius 1 is 1.00 bits per heavy atom. The van der Waals surface area contributed by atoms with Crippen LogP contribution in [0.25, 0.3) is 0 Å². The summed E-state index contributed by atoms with van der Waals surface area (Å²) in [6.07, 6.45) is 0.100. The minimum atomic E-state index is -1.23. The lowest BCUT2D eigenvalue weighted by atomic mass is 9.79. The average molecular weight is 664 g/mol. The summed E-state index contributed by atoms with van der Waals surface area (Å²) in [5.41, 5.74) is 0.886. The first-order valence-corrected chi connectivity index (χ1v) is 16.9. The molecule has 3 aliphatic heterocycles. The molecule has 2 saturated heterocycles. The van der Waals surface area contributed by atoms with Crippen molar-refractivity contribution in [3.8, 4) is 5.75 Å². The van der Waals surface area contributed by atoms with Gasteiger partial charge in [-0.25, -0.2) is 4.79 Å². The van der Waals surface area contributed by atoms with E-state index in [2.05, 4.69) is 20.9 Å². The quantitative estimate of drug-likeness (QED) is 0.302. The van der Waals surface area contributed by atoms with Crippen LogP contribution < -0.4 is 20.7 Å². The van der Waals surface area contributed by atoms with Gasteiger partial charge in [0.2, 0.25) is 11.8 Å². The number of amides is 4. The van der Waals surface area contributed by atoms with Crippen LogP contribution >= 0.6 is 0 Å². The highest BCUT2D eigenvalue weighted by Crippen LogP contribution is 2.34. The van der Waals surface area contributed by atoms with Gasteiger partial charge in [0.25, 0.3) is 5.91 Å². The van der Waals surface area contributed by atoms with Crippen molar-refractivity contribution in [2.24, 2.45) is 11.3 Å². The molecule has 0 saturated carbocycles. The van der Waals surface area contributed by atoms with Gasteiger partial charge >= 0.3 is 6.09 Å². The van der Waals surface area contributed by atoms with E-state index in [4.69, 9.17) is 9.47 Å². The molecule has 4 amide bonds. The number of benzene rings is 2. The lowest BCUT2D eigenvalue weighted by Crippen LogP contribution is -2.64. The van der Waals surface area contributed by atoms with Crippen LogP contribution in [0.2, 0.25) is 0 Å². The molecule has 0 aliphatic carbocycles. The average Bonchev–Trinajstić information content (AvgIpc) is 3.46. The number of para-hydroxylation sites is 1. The molecule has 0 radical (unpaired) electrons. The molecule has 5 rings (SSSR count). The van der Waals surface area contributed by atoms with Crippen LogP contribution in [0.5, 0.6) is 5.75 Å². The maximum Gasteiger partial charge on any atom is 0.404 e. The van der Waals surface area contributed by atoms with E-state index in [1.54, 1.807) is 36.1 Å². The minimum absolute atomic E-state index is 0.00247. The second-order valence-corrected chi connectivity index (χ2v) is 14.1. The van der Waals surface area contributed by atoms with Gasteiger partial charge < -0.3 is 35.4 Å². The van der Waals surface area contributed by atoms with Crippen molar-refractivity contribution >= 4 is 23.8 Å². The third-order valence-corrected chi connectivity index (χ3v) is 9.74. The summed E-state index contributed by atoms with van der Waals surface area (Å²) in [6.45, 7) is 11.5. The Hall–Kier alpha value is -4.16. The van der Waals surface area contributed by atoms with Gasteiger partial charge in [-0.3, -0.25) is 19.3 Å². The molecule has 12 nitrogen and oxygen atoms in total. The van der Waals surface area contributed by atoms with Gasteiger partial charge in [0, 0.05) is 50.3 Å². The first-order chi connectivity index (χ1) is 22.9. The number of nitrogens with zero attached hydrogens (tertiary/aromatic N) is 2. The van der Waals surface area contributed by atoms with Gasteiger partial charge in [0.05, 0.1) is 24.7 Å². The number of carbonyl (C=O) groups is 4. The summed E-state index contributed by atoms with van der Waals surface area (Å²) in [5.74, 6) is -1.20. The van der Waals surface area contributed by atoms with Gasteiger partial charge in [-0.1, -0.05) is 76.2 Å². The Morgan fingerprint density at radius 2 is 1.71 bits per heavy atom. The topological polar surface area (TPSA) is 150 Å². The molecule has 48 heavy (non-hydrogen) atoms. The van der Waals surface area contributed by atoms with E-state index in [0.29, 0.717) is 44.8 Å². The number of piperazine rings is 1. The number of nitrogens with one attached hydrogen (secondary N) is 3. The second kappa shape index (κ2) is 14.9. The Kier molecular flexibility index (Phi) is 10.9. The fraction of sp³-hybridized carbons (Fsp3) is 0.556. The molecule has 3 heterocycles. The second-order valence-electron chi connectivity index (χ2n) is 14.1. The Balaban J connectivity index is 1.44. The predicted molar refractivity (Wildman–Crippen MR) is 179 cm³/mol. The molecule has 260 valence electrons. The Bertz CT molecular complexity index is 1460. The molecule has 1 unspecified atom stereocenters. The van der Waals surface area contributed by atoms with E-state index < -0.39 is 47.4 Å². The Morgan fingerprint density at radius 3 is 2.40 bits per heavy atom. The van der Waals surface area contributed by atoms with Gasteiger partial charge in [-0.2, -0.15) is 0 Å². The van der Waals surface area contributed by atoms with Crippen molar-refractivity contribution in [1.29, 1.82) is 0 Å². The zero-order valence-corrected chi connectivity index (χ0v) is 28.5. The van der Waals surface area contributed by atoms with Crippen LogP contribution in [-0.2, 0) is 19.1 Å². The van der Waals surface area contributed by atoms with Crippen molar-refractivity contribution in [3.05, 3.63) is 65.7 Å². The van der Waals surface area contributed by atoms with Gasteiger partial charge in [0.1, 0.15) is 17.8 Å². The number of carbonyl (C=O) groups excluding carboxylic acids is 3. The largest absolute Gasteiger partial charge is 0.493 e. The molecular weight excluding hydrogens is 614 g/mol. The summed E-state index contributed by atoms with van der Waals surface area (Å²) in [4.78, 5) is 58.3. The third kappa shape index (κ3) is 7.92. The molecule has 2 aromatic rings. The number of hydrogen-bond donors (Lipinski definition) is 4. The van der Waals surface area contributed by atoms with E-state index in [1.807, 2.05) is 58.0 Å². The highest BCUT2D eigenvalue weighted by atomic mass is 16.5. The standard InChI is InChI=1S/C36H49N5O7/c1-6-47-25-18-24-19-41(28(21-40(24)20-25)33(43)37-27-16-17-48-29-15-11-10-14-26(27)29)34(44)30(23-12-8-7-9-13-23)38-32(42)22(2)31(36(3,4)5)39-35(45)46/h7-15,22,24-25,27-28,30-31,39H,6,16-21H2,1-5H3,(H,37,43)(H,38,42)(H,45,46)/t22-,24+,25+,27+,28-,30-,31?/m0/s1. The molecule has 2 aromatic carbocycles. The highest BCUT2D eigenvalue weighted by molar-refractivity contribution is 5.94. The van der Waals surface area contributed by atoms with Crippen molar-refractivity contribution in [2.75, 3.05) is 32.8 Å². The molecule has 3 aliphatic rings. The summed E-state index contributed by atoms with van der Waals surface area (Å²) >= 11 is 0. The van der Waals surface area contributed by atoms with Crippen LogP contribution in [0.15, 0.2) is 54.6 Å². The van der Waals surface area contributed by atoms with E-state index in [-0.39, 0.29) is 24.1 Å². The monoisotopic (exact) mass is 663 g/mol. The number of rotatable bonds is 10. The van der Waals surface area contributed by atoms with Crippen LogP contribution in [0.1, 0.15) is 70.7 Å². The molecule has 2 fully saturated rings. The summed E-state index contributed by atoms with van der Waals surface area (Å²) in [6, 6.07) is 13.7. The summed E-state index contributed by atoms with van der Waals surface area (Å²) in [7, 11) is 0. The minimum Gasteiger partial charge on any atom is -0.493 e. The zero-order valence-electron chi connectivity index (χ0n) is 28.5. The van der Waals surface area contributed by atoms with Crippen molar-refractivity contribution in [2.45, 2.75) is 83.8 Å². The van der Waals surface area contributed by atoms with Gasteiger partial charge in [0.15, 0.2) is 0 Å². The molecule has 12 heteroatoms. The van der Waals surface area contributed by atoms with E-state index in [1.165, 1.54) is 0 Å². The smallest absolute Gasteiger partial charge is 0.404 e. The van der Waals surface area contributed by atoms with Crippen LogP contribution in [0.3, 0.4) is 0 Å². The van der Waals surface area contributed by atoms with E-state index in [0.717, 1.165) is 17.7 Å². The first-order valence-electron chi connectivity index (χ1n) is 16.9. The molecule has 0 bridgehead atoms. The molecule has 0 spiro atoms. The van der Waals surface area contributed by atoms with E-state index >= 15 is 0 Å². The highest BCUT2D eigenvalue weighted by Gasteiger charge is 2.47. The molecule has 7 atom stereocenters. The van der Waals surface area contributed by atoms with Crippen molar-refractivity contribution < 1.29 is 33.8 Å². The number of hydrogen-bond acceptors (Lipinski definition) is 7. The molecular formula is C36H49N5O7. The SMILES string of the molecule is CCO[C@@H]1C[C@@H]2CN(C(=O)[C@@H](NC(=O)[C@@H](C)C(NC(=O)O)C(C)(C)C)c3ccccc3)[C@H](C(=O)N[C@@H]3CCOc4ccccc43)CN2C1. The number of carboxylic acid groups (broad SMARTS) is 1. The number of fused-ring (bicyclic) bond motifs is 2.